The molecule has 0 aliphatic heterocycles. The first-order valence-corrected chi connectivity index (χ1v) is 8.35. The third-order valence-corrected chi connectivity index (χ3v) is 4.44. The molecule has 2 aromatic rings. The number of anilines is 2. The Labute approximate surface area is 158 Å². The highest BCUT2D eigenvalue weighted by Crippen LogP contribution is 2.29. The molecule has 24 heavy (non-hydrogen) atoms. The first-order valence-electron chi connectivity index (χ1n) is 6.80. The Morgan fingerprint density at radius 2 is 2.00 bits per heavy atom. The van der Waals surface area contributed by atoms with Crippen LogP contribution in [0.5, 0.6) is 0 Å². The van der Waals surface area contributed by atoms with Gasteiger partial charge in [0.1, 0.15) is 11.6 Å². The molecule has 0 bridgehead atoms. The van der Waals surface area contributed by atoms with E-state index in [1.807, 2.05) is 31.2 Å². The summed E-state index contributed by atoms with van der Waals surface area (Å²) in [6, 6.07) is 12.4. The zero-order valence-corrected chi connectivity index (χ0v) is 15.6. The molecule has 0 radical (unpaired) electrons. The van der Waals surface area contributed by atoms with E-state index in [0.717, 1.165) is 15.7 Å². The lowest BCUT2D eigenvalue weighted by Gasteiger charge is -2.09. The van der Waals surface area contributed by atoms with Crippen molar-refractivity contribution in [3.63, 3.8) is 0 Å². The second-order valence-corrected chi connectivity index (χ2v) is 6.53. The van der Waals surface area contributed by atoms with Crippen LogP contribution in [0, 0.1) is 18.3 Å². The second kappa shape index (κ2) is 8.20. The molecule has 0 saturated carbocycles. The van der Waals surface area contributed by atoms with Gasteiger partial charge in [0.15, 0.2) is 0 Å². The first-order chi connectivity index (χ1) is 11.4. The van der Waals surface area contributed by atoms with Crippen molar-refractivity contribution in [2.75, 3.05) is 10.6 Å². The van der Waals surface area contributed by atoms with Crippen molar-refractivity contribution in [2.24, 2.45) is 0 Å². The maximum atomic E-state index is 12.2. The molecule has 0 aliphatic carbocycles. The van der Waals surface area contributed by atoms with Crippen LogP contribution in [-0.2, 0) is 4.79 Å². The monoisotopic (exact) mass is 423 g/mol. The van der Waals surface area contributed by atoms with Crippen LogP contribution in [0.1, 0.15) is 5.56 Å². The predicted molar refractivity (Wildman–Crippen MR) is 101 cm³/mol. The number of amides is 1. The molecular weight excluding hydrogens is 413 g/mol. The number of carbonyl (C=O) groups is 1. The van der Waals surface area contributed by atoms with Gasteiger partial charge >= 0.3 is 0 Å². The molecule has 2 N–H and O–H groups in total. The number of hydrogen-bond donors (Lipinski definition) is 2. The summed E-state index contributed by atoms with van der Waals surface area (Å²) < 4.78 is 0.948. The molecule has 4 nitrogen and oxygen atoms in total. The SMILES string of the molecule is Cc1cc(Br)ccc1N/C=C(/C#N)C(=O)Nc1cccc(Cl)c1Cl. The van der Waals surface area contributed by atoms with Crippen molar-refractivity contribution >= 4 is 56.4 Å². The normalized spacial score (nSPS) is 10.9. The smallest absolute Gasteiger partial charge is 0.267 e. The second-order valence-electron chi connectivity index (χ2n) is 4.83. The molecule has 0 heterocycles. The molecule has 1 amide bonds. The molecule has 0 aliphatic rings. The van der Waals surface area contributed by atoms with E-state index in [2.05, 4.69) is 26.6 Å². The van der Waals surface area contributed by atoms with Gasteiger partial charge in [0.25, 0.3) is 5.91 Å². The van der Waals surface area contributed by atoms with Gasteiger partial charge < -0.3 is 10.6 Å². The summed E-state index contributed by atoms with van der Waals surface area (Å²) in [5.41, 5.74) is 2.01. The maximum Gasteiger partial charge on any atom is 0.267 e. The number of nitriles is 1. The minimum absolute atomic E-state index is 0.0895. The zero-order valence-electron chi connectivity index (χ0n) is 12.5. The summed E-state index contributed by atoms with van der Waals surface area (Å²) in [5.74, 6) is -0.580. The number of hydrogen-bond acceptors (Lipinski definition) is 3. The topological polar surface area (TPSA) is 64.9 Å². The average molecular weight is 425 g/mol. The Hall–Kier alpha value is -2.00. The third kappa shape index (κ3) is 4.51. The van der Waals surface area contributed by atoms with Gasteiger partial charge in [0.2, 0.25) is 0 Å². The van der Waals surface area contributed by atoms with E-state index < -0.39 is 5.91 Å². The number of aryl methyl sites for hydroxylation is 1. The standard InChI is InChI=1S/C17H12BrCl2N3O/c1-10-7-12(18)5-6-14(10)22-9-11(8-21)17(24)23-15-4-2-3-13(19)16(15)20/h2-7,9,22H,1H3,(H,23,24)/b11-9-. The number of carbonyl (C=O) groups excluding carboxylic acids is 1. The van der Waals surface area contributed by atoms with Crippen LogP contribution in [0.4, 0.5) is 11.4 Å². The van der Waals surface area contributed by atoms with E-state index >= 15 is 0 Å². The van der Waals surface area contributed by atoms with Crippen molar-refractivity contribution in [2.45, 2.75) is 6.92 Å². The molecule has 0 unspecified atom stereocenters. The number of benzene rings is 2. The number of rotatable bonds is 4. The van der Waals surface area contributed by atoms with Crippen molar-refractivity contribution in [3.05, 3.63) is 68.3 Å². The largest absolute Gasteiger partial charge is 0.360 e. The van der Waals surface area contributed by atoms with Crippen molar-refractivity contribution < 1.29 is 4.79 Å². The lowest BCUT2D eigenvalue weighted by molar-refractivity contribution is -0.112. The molecule has 2 rings (SSSR count). The molecule has 0 aromatic heterocycles. The van der Waals surface area contributed by atoms with E-state index in [4.69, 9.17) is 23.2 Å². The molecule has 0 atom stereocenters. The van der Waals surface area contributed by atoms with Crippen LogP contribution in [0.25, 0.3) is 0 Å². The van der Waals surface area contributed by atoms with Gasteiger partial charge in [-0.05, 0) is 42.8 Å². The van der Waals surface area contributed by atoms with Gasteiger partial charge in [0.05, 0.1) is 15.7 Å². The first kappa shape index (κ1) is 18.3. The number of nitrogens with one attached hydrogen (secondary N) is 2. The summed E-state index contributed by atoms with van der Waals surface area (Å²) in [6.07, 6.45) is 1.35. The summed E-state index contributed by atoms with van der Waals surface area (Å²) in [7, 11) is 0. The summed E-state index contributed by atoms with van der Waals surface area (Å²) >= 11 is 15.3. The van der Waals surface area contributed by atoms with Crippen molar-refractivity contribution in [3.8, 4) is 6.07 Å². The van der Waals surface area contributed by atoms with Gasteiger partial charge in [0, 0.05) is 16.4 Å². The Morgan fingerprint density at radius 1 is 1.25 bits per heavy atom. The van der Waals surface area contributed by atoms with Gasteiger partial charge in [-0.2, -0.15) is 5.26 Å². The number of halogens is 3. The molecule has 0 saturated heterocycles. The highest BCUT2D eigenvalue weighted by Gasteiger charge is 2.12. The fraction of sp³-hybridized carbons (Fsp3) is 0.0588. The van der Waals surface area contributed by atoms with Crippen LogP contribution in [0.3, 0.4) is 0 Å². The maximum absolute atomic E-state index is 12.2. The molecule has 2 aromatic carbocycles. The van der Waals surface area contributed by atoms with E-state index in [0.29, 0.717) is 10.7 Å². The Bertz CT molecular complexity index is 859. The van der Waals surface area contributed by atoms with Crippen LogP contribution in [0.15, 0.2) is 52.6 Å². The quantitative estimate of drug-likeness (QED) is 0.501. The highest BCUT2D eigenvalue weighted by molar-refractivity contribution is 9.10. The summed E-state index contributed by atoms with van der Waals surface area (Å²) in [5, 5.41) is 15.3. The van der Waals surface area contributed by atoms with E-state index in [-0.39, 0.29) is 10.6 Å². The minimum Gasteiger partial charge on any atom is -0.360 e. The predicted octanol–water partition coefficient (Wildman–Crippen LogP) is 5.52. The third-order valence-electron chi connectivity index (χ3n) is 3.13. The molecule has 0 fully saturated rings. The molecule has 122 valence electrons. The lowest BCUT2D eigenvalue weighted by Crippen LogP contribution is -2.15. The van der Waals surface area contributed by atoms with Crippen LogP contribution in [-0.4, -0.2) is 5.91 Å². The average Bonchev–Trinajstić information content (AvgIpc) is 2.54. The summed E-state index contributed by atoms with van der Waals surface area (Å²) in [4.78, 5) is 12.2. The fourth-order valence-corrected chi connectivity index (χ4v) is 2.70. The Balaban J connectivity index is 2.17. The Kier molecular flexibility index (Phi) is 6.27. The van der Waals surface area contributed by atoms with Gasteiger partial charge in [-0.1, -0.05) is 45.2 Å². The van der Waals surface area contributed by atoms with Crippen LogP contribution in [0.2, 0.25) is 10.0 Å². The Morgan fingerprint density at radius 3 is 2.67 bits per heavy atom. The fourth-order valence-electron chi connectivity index (χ4n) is 1.88. The van der Waals surface area contributed by atoms with E-state index in [9.17, 15) is 10.1 Å². The zero-order chi connectivity index (χ0) is 17.7. The highest BCUT2D eigenvalue weighted by atomic mass is 79.9. The van der Waals surface area contributed by atoms with Crippen molar-refractivity contribution in [1.29, 1.82) is 5.26 Å². The summed E-state index contributed by atoms with van der Waals surface area (Å²) in [6.45, 7) is 1.92. The van der Waals surface area contributed by atoms with Gasteiger partial charge in [-0.25, -0.2) is 0 Å². The number of nitrogens with zero attached hydrogens (tertiary/aromatic N) is 1. The molecular formula is C17H12BrCl2N3O. The van der Waals surface area contributed by atoms with Crippen LogP contribution >= 0.6 is 39.1 Å². The molecule has 7 heteroatoms. The molecule has 0 spiro atoms. The minimum atomic E-state index is -0.580. The lowest BCUT2D eigenvalue weighted by atomic mass is 10.2. The van der Waals surface area contributed by atoms with E-state index in [1.54, 1.807) is 18.2 Å². The van der Waals surface area contributed by atoms with Gasteiger partial charge in [-0.3, -0.25) is 4.79 Å². The van der Waals surface area contributed by atoms with E-state index in [1.165, 1.54) is 6.20 Å². The van der Waals surface area contributed by atoms with Gasteiger partial charge in [-0.15, -0.1) is 0 Å². The van der Waals surface area contributed by atoms with Crippen LogP contribution < -0.4 is 10.6 Å². The van der Waals surface area contributed by atoms with Crippen molar-refractivity contribution in [1.82, 2.24) is 0 Å².